The van der Waals surface area contributed by atoms with Crippen LogP contribution in [0.1, 0.15) is 37.0 Å². The van der Waals surface area contributed by atoms with E-state index in [1.807, 2.05) is 13.0 Å². The summed E-state index contributed by atoms with van der Waals surface area (Å²) < 4.78 is 17.3. The summed E-state index contributed by atoms with van der Waals surface area (Å²) in [4.78, 5) is 23.6. The molecule has 0 spiro atoms. The number of benzene rings is 2. The lowest BCUT2D eigenvalue weighted by Crippen LogP contribution is -2.29. The minimum absolute atomic E-state index is 0.0574. The fourth-order valence-electron chi connectivity index (χ4n) is 3.21. The number of aliphatic hydroxyl groups excluding tert-OH is 1. The summed E-state index contributed by atoms with van der Waals surface area (Å²) in [7, 11) is 0. The minimum Gasteiger partial charge on any atom is -0.491 e. The summed E-state index contributed by atoms with van der Waals surface area (Å²) in [5.74, 6) is -0.621. The first-order chi connectivity index (χ1) is 16.5. The third-order valence-corrected chi connectivity index (χ3v) is 4.67. The van der Waals surface area contributed by atoms with Crippen molar-refractivity contribution in [3.05, 3.63) is 71.8 Å². The van der Waals surface area contributed by atoms with E-state index in [2.05, 4.69) is 5.32 Å². The maximum absolute atomic E-state index is 12.8. The molecule has 3 N–H and O–H groups in total. The molecule has 0 saturated heterocycles. The second-order valence-corrected chi connectivity index (χ2v) is 7.06. The molecule has 0 radical (unpaired) electrons. The Kier molecular flexibility index (Phi) is 11.1. The Morgan fingerprint density at radius 1 is 1.18 bits per heavy atom. The smallest absolute Gasteiger partial charge is 0.412 e. The van der Waals surface area contributed by atoms with Gasteiger partial charge in [0.05, 0.1) is 24.3 Å². The van der Waals surface area contributed by atoms with Crippen molar-refractivity contribution in [2.24, 2.45) is 0 Å². The average Bonchev–Trinajstić information content (AvgIpc) is 2.84. The molecule has 0 heterocycles. The number of anilines is 1. The van der Waals surface area contributed by atoms with Crippen LogP contribution in [0.25, 0.3) is 0 Å². The molecule has 0 aromatic heterocycles. The van der Waals surface area contributed by atoms with Gasteiger partial charge in [0.2, 0.25) is 0 Å². The predicted molar refractivity (Wildman–Crippen MR) is 124 cm³/mol. The number of rotatable bonds is 13. The van der Waals surface area contributed by atoms with Crippen molar-refractivity contribution < 1.29 is 34.0 Å². The van der Waals surface area contributed by atoms with E-state index in [0.29, 0.717) is 42.0 Å². The van der Waals surface area contributed by atoms with E-state index in [1.54, 1.807) is 48.5 Å². The normalized spacial score (nSPS) is 12.5. The molecule has 2 rings (SSSR count). The predicted octanol–water partition coefficient (Wildman–Crippen LogP) is 4.05. The van der Waals surface area contributed by atoms with Crippen molar-refractivity contribution in [2.45, 2.75) is 32.0 Å². The maximum Gasteiger partial charge on any atom is 0.412 e. The van der Waals surface area contributed by atoms with Crippen LogP contribution in [-0.2, 0) is 14.3 Å². The number of para-hydroxylation sites is 1. The molecule has 180 valence electrons. The number of nitriles is 1. The second kappa shape index (κ2) is 14.3. The number of hydrogen-bond donors (Lipinski definition) is 3. The first kappa shape index (κ1) is 26.4. The standard InChI is InChI=1S/C25H28N2O7/c1-2-32-22(9-5-6-10-23(29)30)24(20-7-3-4-8-21(20)33-16-15-28)34-25(31)27-19-13-11-18(17-26)12-14-19/h3-4,6-8,10-14,22,24,28H,2,5,9,15-16H2,1H3,(H,27,31)(H,29,30)/b10-6+/t22-,24-/m1/s1. The van der Waals surface area contributed by atoms with Gasteiger partial charge in [0, 0.05) is 23.9 Å². The Morgan fingerprint density at radius 3 is 2.56 bits per heavy atom. The molecule has 0 aliphatic rings. The van der Waals surface area contributed by atoms with Gasteiger partial charge in [-0.05, 0) is 50.1 Å². The molecule has 0 aliphatic carbocycles. The van der Waals surface area contributed by atoms with Crippen LogP contribution in [0.2, 0.25) is 0 Å². The van der Waals surface area contributed by atoms with Crippen LogP contribution < -0.4 is 10.1 Å². The molecule has 9 nitrogen and oxygen atoms in total. The van der Waals surface area contributed by atoms with Gasteiger partial charge in [0.1, 0.15) is 12.4 Å². The number of carbonyl (C=O) groups is 2. The topological polar surface area (TPSA) is 138 Å². The monoisotopic (exact) mass is 468 g/mol. The number of aliphatic hydroxyl groups is 1. The molecule has 0 bridgehead atoms. The van der Waals surface area contributed by atoms with E-state index < -0.39 is 24.3 Å². The highest BCUT2D eigenvalue weighted by Crippen LogP contribution is 2.34. The number of carboxylic acids is 1. The number of nitrogens with one attached hydrogen (secondary N) is 1. The number of carbonyl (C=O) groups excluding carboxylic acids is 1. The largest absolute Gasteiger partial charge is 0.491 e. The van der Waals surface area contributed by atoms with Crippen LogP contribution in [0.4, 0.5) is 10.5 Å². The Bertz CT molecular complexity index is 999. The van der Waals surface area contributed by atoms with Gasteiger partial charge in [-0.3, -0.25) is 5.32 Å². The molecule has 0 unspecified atom stereocenters. The van der Waals surface area contributed by atoms with Crippen LogP contribution in [0, 0.1) is 11.3 Å². The highest BCUT2D eigenvalue weighted by atomic mass is 16.6. The van der Waals surface area contributed by atoms with Gasteiger partial charge in [0.25, 0.3) is 0 Å². The molecular formula is C25H28N2O7. The number of allylic oxidation sites excluding steroid dienone is 1. The molecule has 2 aromatic carbocycles. The summed E-state index contributed by atoms with van der Waals surface area (Å²) in [5, 5.41) is 29.6. The van der Waals surface area contributed by atoms with Gasteiger partial charge in [-0.15, -0.1) is 0 Å². The zero-order valence-corrected chi connectivity index (χ0v) is 18.8. The van der Waals surface area contributed by atoms with Crippen LogP contribution in [0.3, 0.4) is 0 Å². The van der Waals surface area contributed by atoms with Gasteiger partial charge < -0.3 is 24.4 Å². The van der Waals surface area contributed by atoms with E-state index in [4.69, 9.17) is 29.7 Å². The fraction of sp³-hybridized carbons (Fsp3) is 0.320. The molecule has 0 fully saturated rings. The lowest BCUT2D eigenvalue weighted by atomic mass is 9.99. The fourth-order valence-corrected chi connectivity index (χ4v) is 3.21. The first-order valence-corrected chi connectivity index (χ1v) is 10.8. The van der Waals surface area contributed by atoms with E-state index in [0.717, 1.165) is 6.08 Å². The van der Waals surface area contributed by atoms with Crippen LogP contribution in [0.15, 0.2) is 60.7 Å². The molecule has 2 atom stereocenters. The maximum atomic E-state index is 12.8. The summed E-state index contributed by atoms with van der Waals surface area (Å²) in [6, 6.07) is 15.3. The van der Waals surface area contributed by atoms with Gasteiger partial charge in [0.15, 0.2) is 6.10 Å². The van der Waals surface area contributed by atoms with E-state index in [-0.39, 0.29) is 13.2 Å². The molecule has 1 amide bonds. The van der Waals surface area contributed by atoms with Crippen molar-refractivity contribution in [3.8, 4) is 11.8 Å². The summed E-state index contributed by atoms with van der Waals surface area (Å²) >= 11 is 0. The Labute approximate surface area is 198 Å². The molecule has 9 heteroatoms. The molecule has 34 heavy (non-hydrogen) atoms. The average molecular weight is 469 g/mol. The van der Waals surface area contributed by atoms with Crippen LogP contribution in [0.5, 0.6) is 5.75 Å². The lowest BCUT2D eigenvalue weighted by Gasteiger charge is -2.28. The summed E-state index contributed by atoms with van der Waals surface area (Å²) in [5.41, 5.74) is 1.45. The lowest BCUT2D eigenvalue weighted by molar-refractivity contribution is -0.131. The number of aliphatic carboxylic acids is 1. The number of ether oxygens (including phenoxy) is 3. The highest BCUT2D eigenvalue weighted by molar-refractivity contribution is 5.84. The van der Waals surface area contributed by atoms with Crippen LogP contribution >= 0.6 is 0 Å². The third-order valence-electron chi connectivity index (χ3n) is 4.67. The summed E-state index contributed by atoms with van der Waals surface area (Å²) in [6.07, 6.45) is 1.09. The molecular weight excluding hydrogens is 440 g/mol. The van der Waals surface area contributed by atoms with Crippen LogP contribution in [-0.4, -0.2) is 48.2 Å². The second-order valence-electron chi connectivity index (χ2n) is 7.06. The van der Waals surface area contributed by atoms with Crippen molar-refractivity contribution in [1.29, 1.82) is 5.26 Å². The third kappa shape index (κ3) is 8.58. The number of hydrogen-bond acceptors (Lipinski definition) is 7. The molecule has 0 saturated carbocycles. The van der Waals surface area contributed by atoms with Crippen molar-refractivity contribution >= 4 is 17.7 Å². The number of amides is 1. The van der Waals surface area contributed by atoms with E-state index in [9.17, 15) is 9.59 Å². The van der Waals surface area contributed by atoms with E-state index >= 15 is 0 Å². The van der Waals surface area contributed by atoms with Gasteiger partial charge >= 0.3 is 12.1 Å². The molecule has 0 aliphatic heterocycles. The van der Waals surface area contributed by atoms with Crippen molar-refractivity contribution in [1.82, 2.24) is 0 Å². The first-order valence-electron chi connectivity index (χ1n) is 10.8. The Morgan fingerprint density at radius 2 is 1.91 bits per heavy atom. The Balaban J connectivity index is 2.30. The minimum atomic E-state index is -1.05. The zero-order chi connectivity index (χ0) is 24.8. The van der Waals surface area contributed by atoms with Gasteiger partial charge in [-0.2, -0.15) is 5.26 Å². The van der Waals surface area contributed by atoms with Crippen molar-refractivity contribution in [2.75, 3.05) is 25.1 Å². The van der Waals surface area contributed by atoms with Crippen molar-refractivity contribution in [3.63, 3.8) is 0 Å². The van der Waals surface area contributed by atoms with Gasteiger partial charge in [-0.25, -0.2) is 9.59 Å². The number of carboxylic acid groups (broad SMARTS) is 1. The SMILES string of the molecule is CCO[C@H](CC/C=C/C(=O)O)[C@H](OC(=O)Nc1ccc(C#N)cc1)c1ccccc1OCCO. The Hall–Kier alpha value is -3.87. The summed E-state index contributed by atoms with van der Waals surface area (Å²) in [6.45, 7) is 2.02. The number of nitrogens with zero attached hydrogens (tertiary/aromatic N) is 1. The quantitative estimate of drug-likeness (QED) is 0.374. The zero-order valence-electron chi connectivity index (χ0n) is 18.8. The highest BCUT2D eigenvalue weighted by Gasteiger charge is 2.30. The molecule has 2 aromatic rings. The van der Waals surface area contributed by atoms with Gasteiger partial charge in [-0.1, -0.05) is 24.3 Å². The van der Waals surface area contributed by atoms with E-state index in [1.165, 1.54) is 6.08 Å².